The van der Waals surface area contributed by atoms with Crippen molar-refractivity contribution in [1.29, 1.82) is 0 Å². The lowest BCUT2D eigenvalue weighted by atomic mass is 10.1. The van der Waals surface area contributed by atoms with Gasteiger partial charge in [-0.25, -0.2) is 5.48 Å². The quantitative estimate of drug-likeness (QED) is 0.572. The van der Waals surface area contributed by atoms with Gasteiger partial charge in [0.15, 0.2) is 0 Å². The van der Waals surface area contributed by atoms with Gasteiger partial charge in [-0.15, -0.1) is 0 Å². The Hall–Kier alpha value is -1.88. The first-order chi connectivity index (χ1) is 7.66. The summed E-state index contributed by atoms with van der Waals surface area (Å²) in [5.74, 6) is -1.11. The Kier molecular flexibility index (Phi) is 4.47. The third kappa shape index (κ3) is 3.06. The summed E-state index contributed by atoms with van der Waals surface area (Å²) in [4.78, 5) is 27.5. The van der Waals surface area contributed by atoms with E-state index in [4.69, 9.17) is 10.6 Å². The summed E-state index contributed by atoms with van der Waals surface area (Å²) in [5.41, 5.74) is 7.79. The number of carbonyl (C=O) groups excluding carboxylic acids is 2. The van der Waals surface area contributed by atoms with E-state index in [9.17, 15) is 9.59 Å². The third-order valence-electron chi connectivity index (χ3n) is 1.91. The monoisotopic (exact) mass is 222 g/mol. The van der Waals surface area contributed by atoms with Crippen molar-refractivity contribution in [3.8, 4) is 0 Å². The number of rotatable bonds is 5. The van der Waals surface area contributed by atoms with Crippen molar-refractivity contribution in [2.75, 3.05) is 6.61 Å². The molecule has 0 saturated carbocycles. The summed E-state index contributed by atoms with van der Waals surface area (Å²) in [6, 6.07) is 6.31. The van der Waals surface area contributed by atoms with Gasteiger partial charge in [-0.05, 0) is 18.6 Å². The minimum atomic E-state index is -0.638. The molecule has 86 valence electrons. The number of nitrogens with two attached hydrogens (primary N) is 1. The van der Waals surface area contributed by atoms with Crippen molar-refractivity contribution in [2.24, 2.45) is 5.73 Å². The van der Waals surface area contributed by atoms with Crippen molar-refractivity contribution in [3.63, 3.8) is 0 Å². The van der Waals surface area contributed by atoms with Crippen LogP contribution in [0.5, 0.6) is 0 Å². The highest BCUT2D eigenvalue weighted by molar-refractivity contribution is 6.06. The van der Waals surface area contributed by atoms with Gasteiger partial charge in [-0.2, -0.15) is 0 Å². The maximum atomic E-state index is 11.6. The minimum Gasteiger partial charge on any atom is -0.366 e. The van der Waals surface area contributed by atoms with Gasteiger partial charge in [0.25, 0.3) is 5.91 Å². The fourth-order valence-corrected chi connectivity index (χ4v) is 1.17. The van der Waals surface area contributed by atoms with Crippen LogP contribution in [0.15, 0.2) is 24.3 Å². The molecule has 2 amide bonds. The fourth-order valence-electron chi connectivity index (χ4n) is 1.17. The highest BCUT2D eigenvalue weighted by atomic mass is 16.6. The number of hydrogen-bond donors (Lipinski definition) is 2. The Labute approximate surface area is 93.5 Å². The molecule has 0 unspecified atom stereocenters. The van der Waals surface area contributed by atoms with E-state index in [0.29, 0.717) is 6.61 Å². The van der Waals surface area contributed by atoms with Crippen molar-refractivity contribution < 1.29 is 14.4 Å². The van der Waals surface area contributed by atoms with E-state index in [1.807, 2.05) is 6.92 Å². The van der Waals surface area contributed by atoms with Gasteiger partial charge in [0.05, 0.1) is 17.7 Å². The van der Waals surface area contributed by atoms with Gasteiger partial charge >= 0.3 is 0 Å². The van der Waals surface area contributed by atoms with Gasteiger partial charge in [0, 0.05) is 0 Å². The molecular weight excluding hydrogens is 208 g/mol. The summed E-state index contributed by atoms with van der Waals surface area (Å²) in [6.07, 6.45) is 0.789. The molecule has 0 fully saturated rings. The van der Waals surface area contributed by atoms with Crippen LogP contribution < -0.4 is 11.2 Å². The van der Waals surface area contributed by atoms with Crippen LogP contribution in [0.25, 0.3) is 0 Å². The largest absolute Gasteiger partial charge is 0.366 e. The van der Waals surface area contributed by atoms with Crippen LogP contribution >= 0.6 is 0 Å². The second-order valence-electron chi connectivity index (χ2n) is 3.19. The maximum Gasteiger partial charge on any atom is 0.275 e. The maximum absolute atomic E-state index is 11.6. The van der Waals surface area contributed by atoms with E-state index in [-0.39, 0.29) is 11.1 Å². The Morgan fingerprint density at radius 3 is 2.50 bits per heavy atom. The molecule has 0 saturated heterocycles. The molecule has 1 aromatic rings. The molecule has 0 bridgehead atoms. The zero-order valence-corrected chi connectivity index (χ0v) is 9.03. The van der Waals surface area contributed by atoms with E-state index in [0.717, 1.165) is 6.42 Å². The van der Waals surface area contributed by atoms with E-state index in [1.165, 1.54) is 12.1 Å². The van der Waals surface area contributed by atoms with Gasteiger partial charge in [0.1, 0.15) is 0 Å². The first-order valence-electron chi connectivity index (χ1n) is 4.97. The highest BCUT2D eigenvalue weighted by Crippen LogP contribution is 2.07. The molecule has 5 nitrogen and oxygen atoms in total. The molecule has 0 heterocycles. The number of carbonyl (C=O) groups is 2. The molecule has 0 aliphatic carbocycles. The van der Waals surface area contributed by atoms with Gasteiger partial charge in [-0.1, -0.05) is 19.1 Å². The molecule has 5 heteroatoms. The van der Waals surface area contributed by atoms with Crippen molar-refractivity contribution in [3.05, 3.63) is 35.4 Å². The second kappa shape index (κ2) is 5.87. The molecule has 1 rings (SSSR count). The smallest absolute Gasteiger partial charge is 0.275 e. The predicted octanol–water partition coefficient (Wildman–Crippen LogP) is 0.857. The van der Waals surface area contributed by atoms with E-state index in [2.05, 4.69) is 5.48 Å². The lowest BCUT2D eigenvalue weighted by Crippen LogP contribution is -2.27. The van der Waals surface area contributed by atoms with Crippen molar-refractivity contribution in [2.45, 2.75) is 13.3 Å². The Morgan fingerprint density at radius 1 is 1.31 bits per heavy atom. The van der Waals surface area contributed by atoms with Crippen LogP contribution in [-0.2, 0) is 4.84 Å². The Balaban J connectivity index is 2.78. The summed E-state index contributed by atoms with van der Waals surface area (Å²) in [6.45, 7) is 2.34. The molecule has 0 atom stereocenters. The summed E-state index contributed by atoms with van der Waals surface area (Å²) < 4.78 is 0. The van der Waals surface area contributed by atoms with E-state index >= 15 is 0 Å². The first kappa shape index (κ1) is 12.2. The Bertz CT molecular complexity index is 391. The summed E-state index contributed by atoms with van der Waals surface area (Å²) in [5, 5.41) is 0. The van der Waals surface area contributed by atoms with Crippen LogP contribution in [0.2, 0.25) is 0 Å². The highest BCUT2D eigenvalue weighted by Gasteiger charge is 2.13. The van der Waals surface area contributed by atoms with Crippen molar-refractivity contribution >= 4 is 11.8 Å². The molecule has 0 spiro atoms. The number of hydrogen-bond acceptors (Lipinski definition) is 3. The van der Waals surface area contributed by atoms with E-state index in [1.54, 1.807) is 12.1 Å². The van der Waals surface area contributed by atoms with Crippen LogP contribution in [0.3, 0.4) is 0 Å². The second-order valence-corrected chi connectivity index (χ2v) is 3.19. The van der Waals surface area contributed by atoms with Gasteiger partial charge in [-0.3, -0.25) is 14.4 Å². The lowest BCUT2D eigenvalue weighted by Gasteiger charge is -2.07. The molecule has 0 aromatic heterocycles. The average Bonchev–Trinajstić information content (AvgIpc) is 2.29. The molecule has 0 radical (unpaired) electrons. The topological polar surface area (TPSA) is 81.4 Å². The zero-order valence-electron chi connectivity index (χ0n) is 9.03. The van der Waals surface area contributed by atoms with Crippen LogP contribution in [0.1, 0.15) is 34.1 Å². The molecular formula is C11H14N2O3. The normalized spacial score (nSPS) is 9.81. The van der Waals surface area contributed by atoms with Crippen LogP contribution in [0, 0.1) is 0 Å². The Morgan fingerprint density at radius 2 is 1.94 bits per heavy atom. The SMILES string of the molecule is CCCONC(=O)c1ccccc1C(N)=O. The molecule has 16 heavy (non-hydrogen) atoms. The number of benzene rings is 1. The summed E-state index contributed by atoms with van der Waals surface area (Å²) in [7, 11) is 0. The van der Waals surface area contributed by atoms with E-state index < -0.39 is 11.8 Å². The first-order valence-corrected chi connectivity index (χ1v) is 4.97. The zero-order chi connectivity index (χ0) is 12.0. The van der Waals surface area contributed by atoms with Gasteiger partial charge < -0.3 is 5.73 Å². The number of amides is 2. The van der Waals surface area contributed by atoms with Crippen LogP contribution in [0.4, 0.5) is 0 Å². The van der Waals surface area contributed by atoms with Crippen molar-refractivity contribution in [1.82, 2.24) is 5.48 Å². The average molecular weight is 222 g/mol. The minimum absolute atomic E-state index is 0.181. The summed E-state index contributed by atoms with van der Waals surface area (Å²) >= 11 is 0. The molecule has 1 aromatic carbocycles. The molecule has 0 aliphatic rings. The van der Waals surface area contributed by atoms with Gasteiger partial charge in [0.2, 0.25) is 5.91 Å². The molecule has 3 N–H and O–H groups in total. The predicted molar refractivity (Wildman–Crippen MR) is 58.7 cm³/mol. The number of primary amides is 1. The molecule has 0 aliphatic heterocycles. The van der Waals surface area contributed by atoms with Crippen LogP contribution in [-0.4, -0.2) is 18.4 Å². The third-order valence-corrected chi connectivity index (χ3v) is 1.91. The standard InChI is InChI=1S/C11H14N2O3/c1-2-7-16-13-11(15)9-6-4-3-5-8(9)10(12)14/h3-6H,2,7H2,1H3,(H2,12,14)(H,13,15). The fraction of sp³-hybridized carbons (Fsp3) is 0.273. The number of nitrogens with one attached hydrogen (secondary N) is 1. The number of hydroxylamine groups is 1. The lowest BCUT2D eigenvalue weighted by molar-refractivity contribution is 0.0314.